The van der Waals surface area contributed by atoms with Gasteiger partial charge in [0.25, 0.3) is 0 Å². The Morgan fingerprint density at radius 1 is 0.789 bits per heavy atom. The Kier molecular flexibility index (Phi) is 3.89. The summed E-state index contributed by atoms with van der Waals surface area (Å²) < 4.78 is 32.7. The van der Waals surface area contributed by atoms with E-state index < -0.39 is 10.2 Å². The van der Waals surface area contributed by atoms with Crippen LogP contribution in [0.15, 0.2) is 48.8 Å². The van der Waals surface area contributed by atoms with Crippen LogP contribution >= 0.6 is 0 Å². The number of pyridine rings is 2. The van der Waals surface area contributed by atoms with Crippen molar-refractivity contribution in [3.63, 3.8) is 0 Å². The second kappa shape index (κ2) is 5.43. The minimum Gasteiger partial charge on any atom is -0.254 e. The first-order valence-corrected chi connectivity index (χ1v) is 6.43. The zero-order valence-corrected chi connectivity index (χ0v) is 10.3. The average molecular weight is 281 g/mol. The van der Waals surface area contributed by atoms with Crippen LogP contribution in [0.4, 0.5) is 0 Å². The van der Waals surface area contributed by atoms with Crippen molar-refractivity contribution in [2.24, 2.45) is 0 Å². The predicted molar refractivity (Wildman–Crippen MR) is 59.3 cm³/mol. The molecular formula is C12H9ClN2O4. The predicted octanol–water partition coefficient (Wildman–Crippen LogP) is -1.34. The van der Waals surface area contributed by atoms with Crippen LogP contribution < -0.4 is 14.0 Å². The standard InChI is InChI=1S/C12H8N2.ClHO4/c1-3-9-5-6-10-4-2-8-14-12(10)11(9)13-7-1;2-1(3,4)5/h1-8H;(H,2,3,4,5). The Morgan fingerprint density at radius 3 is 1.53 bits per heavy atom. The van der Waals surface area contributed by atoms with E-state index in [9.17, 15) is 0 Å². The van der Waals surface area contributed by atoms with E-state index in [4.69, 9.17) is 18.6 Å². The zero-order valence-electron chi connectivity index (χ0n) is 9.56. The van der Waals surface area contributed by atoms with Crippen molar-refractivity contribution in [3.8, 4) is 0 Å². The molecule has 2 heterocycles. The molecule has 0 saturated carbocycles. The second-order valence-electron chi connectivity index (χ2n) is 3.61. The third-order valence-corrected chi connectivity index (χ3v) is 2.34. The molecule has 2 aromatic heterocycles. The highest BCUT2D eigenvalue weighted by Crippen LogP contribution is 2.20. The number of halogens is 1. The van der Waals surface area contributed by atoms with Gasteiger partial charge in [-0.3, -0.25) is 9.97 Å². The fourth-order valence-corrected chi connectivity index (χ4v) is 1.68. The zero-order chi connectivity index (χ0) is 13.9. The van der Waals surface area contributed by atoms with Gasteiger partial charge in [-0.25, -0.2) is 0 Å². The van der Waals surface area contributed by atoms with Gasteiger partial charge in [-0.2, -0.15) is 14.0 Å². The molecule has 1 N–H and O–H groups in total. The highest BCUT2D eigenvalue weighted by atomic mass is 35.7. The molecule has 0 radical (unpaired) electrons. The van der Waals surface area contributed by atoms with E-state index in [0.29, 0.717) is 0 Å². The first-order valence-electron chi connectivity index (χ1n) is 5.17. The molecular weight excluding hydrogens is 272 g/mol. The Hall–Kier alpha value is -1.83. The summed E-state index contributed by atoms with van der Waals surface area (Å²) in [7, 11) is -4.69. The monoisotopic (exact) mass is 280 g/mol. The van der Waals surface area contributed by atoms with Gasteiger partial charge in [-0.05, 0) is 12.1 Å². The molecule has 0 unspecified atom stereocenters. The third-order valence-electron chi connectivity index (χ3n) is 2.34. The van der Waals surface area contributed by atoms with Gasteiger partial charge in [-0.1, -0.05) is 24.3 Å². The molecule has 6 nitrogen and oxygen atoms in total. The maximum Gasteiger partial charge on any atom is 0.0964 e. The molecule has 0 atom stereocenters. The molecule has 0 aliphatic heterocycles. The van der Waals surface area contributed by atoms with Crippen molar-refractivity contribution in [1.29, 1.82) is 0 Å². The first-order chi connectivity index (χ1) is 8.95. The largest absolute Gasteiger partial charge is 0.254 e. The van der Waals surface area contributed by atoms with Crippen molar-refractivity contribution in [2.45, 2.75) is 0 Å². The number of hydrogen-bond donors (Lipinski definition) is 1. The highest BCUT2D eigenvalue weighted by Gasteiger charge is 2.00. The molecule has 7 heteroatoms. The van der Waals surface area contributed by atoms with E-state index >= 15 is 0 Å². The van der Waals surface area contributed by atoms with Gasteiger partial charge in [0.2, 0.25) is 0 Å². The van der Waals surface area contributed by atoms with Crippen molar-refractivity contribution >= 4 is 21.8 Å². The van der Waals surface area contributed by atoms with Crippen molar-refractivity contribution in [1.82, 2.24) is 9.97 Å². The van der Waals surface area contributed by atoms with E-state index in [1.165, 1.54) is 0 Å². The van der Waals surface area contributed by atoms with Crippen LogP contribution in [-0.2, 0) is 0 Å². The molecule has 0 saturated heterocycles. The fraction of sp³-hybridized carbons (Fsp3) is 0. The molecule has 0 fully saturated rings. The summed E-state index contributed by atoms with van der Waals surface area (Å²) in [6.45, 7) is 0. The summed E-state index contributed by atoms with van der Waals surface area (Å²) in [6, 6.07) is 12.1. The van der Waals surface area contributed by atoms with Gasteiger partial charge in [-0.15, -0.1) is 0 Å². The van der Waals surface area contributed by atoms with Crippen molar-refractivity contribution in [2.75, 3.05) is 0 Å². The summed E-state index contributed by atoms with van der Waals surface area (Å²) in [5, 5.41) is 2.28. The number of fused-ring (bicyclic) bond motifs is 3. The maximum absolute atomic E-state index is 8.60. The van der Waals surface area contributed by atoms with Crippen molar-refractivity contribution in [3.05, 3.63) is 48.8 Å². The summed E-state index contributed by atoms with van der Waals surface area (Å²) in [5.74, 6) is 0. The Balaban J connectivity index is 0.000000232. The minimum absolute atomic E-state index is 0.977. The van der Waals surface area contributed by atoms with Crippen LogP contribution in [0.5, 0.6) is 0 Å². The van der Waals surface area contributed by atoms with Crippen LogP contribution in [0.2, 0.25) is 0 Å². The summed E-state index contributed by atoms with van der Waals surface area (Å²) in [4.78, 5) is 8.69. The smallest absolute Gasteiger partial charge is 0.0964 e. The van der Waals surface area contributed by atoms with Gasteiger partial charge in [0.1, 0.15) is 0 Å². The van der Waals surface area contributed by atoms with Gasteiger partial charge in [0.15, 0.2) is 0 Å². The quantitative estimate of drug-likeness (QED) is 0.510. The number of aromatic nitrogens is 2. The normalized spacial score (nSPS) is 11.2. The second-order valence-corrected chi connectivity index (χ2v) is 4.40. The molecule has 0 amide bonds. The number of benzene rings is 1. The lowest BCUT2D eigenvalue weighted by Gasteiger charge is -2.03. The lowest BCUT2D eigenvalue weighted by Crippen LogP contribution is -2.58. The van der Waals surface area contributed by atoms with Crippen LogP contribution in [0.25, 0.3) is 21.8 Å². The SMILES string of the molecule is [O-][Cl+3]([O-])([O-])O.c1cnc2c(c1)ccc1cccnc12. The van der Waals surface area contributed by atoms with Gasteiger partial charge < -0.3 is 0 Å². The highest BCUT2D eigenvalue weighted by molar-refractivity contribution is 6.02. The minimum atomic E-state index is -4.69. The molecule has 0 aliphatic carbocycles. The Morgan fingerprint density at radius 2 is 1.16 bits per heavy atom. The van der Waals surface area contributed by atoms with Crippen LogP contribution in [0.3, 0.4) is 0 Å². The summed E-state index contributed by atoms with van der Waals surface area (Å²) >= 11 is 0. The molecule has 1 aromatic carbocycles. The average Bonchev–Trinajstić information content (AvgIpc) is 2.37. The third kappa shape index (κ3) is 3.82. The van der Waals surface area contributed by atoms with E-state index in [0.717, 1.165) is 21.8 Å². The summed E-state index contributed by atoms with van der Waals surface area (Å²) in [6.07, 6.45) is 3.60. The van der Waals surface area contributed by atoms with Crippen LogP contribution in [0, 0.1) is 10.2 Å². The van der Waals surface area contributed by atoms with E-state index in [1.807, 2.05) is 12.1 Å². The maximum atomic E-state index is 8.60. The number of nitrogens with zero attached hydrogens (tertiary/aromatic N) is 2. The fourth-order valence-electron chi connectivity index (χ4n) is 1.68. The molecule has 3 rings (SSSR count). The number of rotatable bonds is 0. The van der Waals surface area contributed by atoms with Crippen LogP contribution in [0.1, 0.15) is 0 Å². The van der Waals surface area contributed by atoms with Crippen molar-refractivity contribution < 1.29 is 28.9 Å². The topological polar surface area (TPSA) is 115 Å². The molecule has 0 bridgehead atoms. The van der Waals surface area contributed by atoms with Gasteiger partial charge in [0.05, 0.1) is 25.9 Å². The molecule has 0 aliphatic rings. The van der Waals surface area contributed by atoms with Crippen LogP contribution in [-0.4, -0.2) is 14.6 Å². The molecule has 0 spiro atoms. The molecule has 19 heavy (non-hydrogen) atoms. The van der Waals surface area contributed by atoms with E-state index in [1.54, 1.807) is 12.4 Å². The van der Waals surface area contributed by atoms with E-state index in [2.05, 4.69) is 34.2 Å². The van der Waals surface area contributed by atoms with Gasteiger partial charge >= 0.3 is 0 Å². The Bertz CT molecular complexity index is 639. The first kappa shape index (κ1) is 13.6. The number of hydrogen-bond acceptors (Lipinski definition) is 6. The molecule has 98 valence electrons. The summed E-state index contributed by atoms with van der Waals surface area (Å²) in [5.41, 5.74) is 1.95. The van der Waals surface area contributed by atoms with E-state index in [-0.39, 0.29) is 0 Å². The Labute approximate surface area is 110 Å². The lowest BCUT2D eigenvalue weighted by molar-refractivity contribution is -1.92. The lowest BCUT2D eigenvalue weighted by atomic mass is 10.1. The molecule has 3 aromatic rings. The van der Waals surface area contributed by atoms with Gasteiger partial charge in [0, 0.05) is 23.2 Å².